The van der Waals surface area contributed by atoms with E-state index in [1.807, 2.05) is 0 Å². The van der Waals surface area contributed by atoms with E-state index in [9.17, 15) is 22.8 Å². The zero-order valence-electron chi connectivity index (χ0n) is 14.9. The summed E-state index contributed by atoms with van der Waals surface area (Å²) < 4.78 is 40.0. The highest BCUT2D eigenvalue weighted by molar-refractivity contribution is 9.10. The number of alkyl halides is 3. The molecular weight excluding hydrogens is 505 g/mol. The number of carbonyl (C=O) groups is 2. The summed E-state index contributed by atoms with van der Waals surface area (Å²) in [5, 5.41) is 12.8. The number of nitrogens with one attached hydrogen (secondary N) is 2. The third-order valence-corrected chi connectivity index (χ3v) is 6.24. The molecule has 0 fully saturated rings. The van der Waals surface area contributed by atoms with Gasteiger partial charge in [-0.1, -0.05) is 47.4 Å². The van der Waals surface area contributed by atoms with Crippen molar-refractivity contribution in [2.24, 2.45) is 0 Å². The molecule has 2 N–H and O–H groups in total. The summed E-state index contributed by atoms with van der Waals surface area (Å²) >= 11 is 5.34. The van der Waals surface area contributed by atoms with Gasteiger partial charge < -0.3 is 5.32 Å². The second-order valence-corrected chi connectivity index (χ2v) is 8.74. The molecule has 1 aromatic heterocycles. The van der Waals surface area contributed by atoms with Crippen LogP contribution in [0.2, 0.25) is 0 Å². The Balaban J connectivity index is 1.56. The smallest absolute Gasteiger partial charge is 0.325 e. The van der Waals surface area contributed by atoms with Gasteiger partial charge in [0.05, 0.1) is 22.6 Å². The topological polar surface area (TPSA) is 84.0 Å². The Morgan fingerprint density at radius 3 is 2.47 bits per heavy atom. The van der Waals surface area contributed by atoms with Crippen molar-refractivity contribution < 1.29 is 22.8 Å². The highest BCUT2D eigenvalue weighted by Gasteiger charge is 2.33. The van der Waals surface area contributed by atoms with E-state index in [2.05, 4.69) is 36.8 Å². The number of para-hydroxylation sites is 1. The quantitative estimate of drug-likeness (QED) is 0.343. The zero-order chi connectivity index (χ0) is 21.7. The van der Waals surface area contributed by atoms with E-state index in [4.69, 9.17) is 0 Å². The van der Waals surface area contributed by atoms with Crippen LogP contribution >= 0.6 is 39.0 Å². The average molecular weight is 517 g/mol. The van der Waals surface area contributed by atoms with Crippen molar-refractivity contribution in [2.45, 2.75) is 10.5 Å². The minimum atomic E-state index is -4.57. The van der Waals surface area contributed by atoms with Crippen LogP contribution in [0.15, 0.2) is 57.3 Å². The number of carbonyl (C=O) groups excluding carboxylic acids is 2. The van der Waals surface area contributed by atoms with Gasteiger partial charge >= 0.3 is 6.18 Å². The standard InChI is InChI=1S/C18H12BrF3N4O2S2/c19-12-7-3-1-5-10(12)15(28)24-16-25-26-17(30-16)29-9-14(27)23-13-8-4-2-6-11(13)18(20,21)22/h1-8H,9H2,(H,23,27)(H,24,25,28). The number of hydrogen-bond acceptors (Lipinski definition) is 6. The van der Waals surface area contributed by atoms with Gasteiger partial charge in [0.1, 0.15) is 0 Å². The zero-order valence-corrected chi connectivity index (χ0v) is 18.1. The molecule has 0 atom stereocenters. The largest absolute Gasteiger partial charge is 0.418 e. The van der Waals surface area contributed by atoms with Crippen molar-refractivity contribution in [3.05, 3.63) is 64.1 Å². The molecule has 156 valence electrons. The molecule has 0 aliphatic heterocycles. The molecule has 0 aliphatic rings. The maximum atomic E-state index is 13.0. The molecule has 3 aromatic rings. The first-order chi connectivity index (χ1) is 14.2. The lowest BCUT2D eigenvalue weighted by Gasteiger charge is -2.13. The first-order valence-corrected chi connectivity index (χ1v) is 10.8. The van der Waals surface area contributed by atoms with E-state index in [1.165, 1.54) is 18.2 Å². The van der Waals surface area contributed by atoms with E-state index in [1.54, 1.807) is 24.3 Å². The summed E-state index contributed by atoms with van der Waals surface area (Å²) in [6.07, 6.45) is -4.57. The Kier molecular flexibility index (Phi) is 7.10. The van der Waals surface area contributed by atoms with Crippen molar-refractivity contribution in [2.75, 3.05) is 16.4 Å². The predicted molar refractivity (Wildman–Crippen MR) is 113 cm³/mol. The molecule has 0 spiro atoms. The summed E-state index contributed by atoms with van der Waals surface area (Å²) in [5.41, 5.74) is -0.810. The lowest BCUT2D eigenvalue weighted by atomic mass is 10.1. The van der Waals surface area contributed by atoms with Crippen molar-refractivity contribution in [3.63, 3.8) is 0 Å². The van der Waals surface area contributed by atoms with E-state index < -0.39 is 17.6 Å². The van der Waals surface area contributed by atoms with E-state index in [-0.39, 0.29) is 22.5 Å². The highest BCUT2D eigenvalue weighted by Crippen LogP contribution is 2.34. The van der Waals surface area contributed by atoms with Crippen molar-refractivity contribution >= 4 is 61.7 Å². The summed E-state index contributed by atoms with van der Waals surface area (Å²) in [6, 6.07) is 11.6. The molecule has 0 saturated heterocycles. The Hall–Kier alpha value is -2.44. The second kappa shape index (κ2) is 9.58. The molecule has 0 radical (unpaired) electrons. The summed E-state index contributed by atoms with van der Waals surface area (Å²) in [6.45, 7) is 0. The van der Waals surface area contributed by atoms with Crippen molar-refractivity contribution in [1.82, 2.24) is 10.2 Å². The third-order valence-electron chi connectivity index (χ3n) is 3.58. The maximum absolute atomic E-state index is 13.0. The van der Waals surface area contributed by atoms with Gasteiger partial charge in [-0.2, -0.15) is 13.2 Å². The molecule has 0 bridgehead atoms. The summed E-state index contributed by atoms with van der Waals surface area (Å²) in [7, 11) is 0. The minimum absolute atomic E-state index is 0.168. The molecule has 0 saturated carbocycles. The van der Waals surface area contributed by atoms with Crippen molar-refractivity contribution in [3.8, 4) is 0 Å². The molecule has 30 heavy (non-hydrogen) atoms. The van der Waals surface area contributed by atoms with Gasteiger partial charge in [-0.15, -0.1) is 10.2 Å². The third kappa shape index (κ3) is 5.80. The number of halogens is 4. The fourth-order valence-corrected chi connectivity index (χ4v) is 4.29. The first kappa shape index (κ1) is 22.2. The molecule has 6 nitrogen and oxygen atoms in total. The van der Waals surface area contributed by atoms with Gasteiger partial charge in [0.25, 0.3) is 5.91 Å². The lowest BCUT2D eigenvalue weighted by molar-refractivity contribution is -0.137. The van der Waals surface area contributed by atoms with Crippen LogP contribution < -0.4 is 10.6 Å². The number of nitrogens with zero attached hydrogens (tertiary/aromatic N) is 2. The number of rotatable bonds is 6. The molecule has 3 rings (SSSR count). The van der Waals surface area contributed by atoms with Gasteiger partial charge in [0.2, 0.25) is 11.0 Å². The number of amides is 2. The second-order valence-electron chi connectivity index (χ2n) is 5.69. The Bertz CT molecular complexity index is 1080. The van der Waals surface area contributed by atoms with Crippen LogP contribution in [0, 0.1) is 0 Å². The van der Waals surface area contributed by atoms with Crippen LogP contribution in [-0.4, -0.2) is 27.8 Å². The van der Waals surface area contributed by atoms with Crippen LogP contribution in [-0.2, 0) is 11.0 Å². The van der Waals surface area contributed by atoms with Crippen LogP contribution in [0.5, 0.6) is 0 Å². The predicted octanol–water partition coefficient (Wildman–Crippen LogP) is 5.30. The highest BCUT2D eigenvalue weighted by atomic mass is 79.9. The lowest BCUT2D eigenvalue weighted by Crippen LogP contribution is -2.18. The fraction of sp³-hybridized carbons (Fsp3) is 0.111. The SMILES string of the molecule is O=C(CSc1nnc(NC(=O)c2ccccc2Br)s1)Nc1ccccc1C(F)(F)F. The molecule has 2 amide bonds. The fourth-order valence-electron chi connectivity index (χ4n) is 2.28. The number of benzene rings is 2. The van der Waals surface area contributed by atoms with Gasteiger partial charge in [0.15, 0.2) is 4.34 Å². The van der Waals surface area contributed by atoms with Crippen LogP contribution in [0.3, 0.4) is 0 Å². The normalized spacial score (nSPS) is 11.2. The van der Waals surface area contributed by atoms with E-state index >= 15 is 0 Å². The maximum Gasteiger partial charge on any atom is 0.418 e. The van der Waals surface area contributed by atoms with E-state index in [0.29, 0.717) is 14.4 Å². The summed E-state index contributed by atoms with van der Waals surface area (Å²) in [4.78, 5) is 24.3. The van der Waals surface area contributed by atoms with Crippen LogP contribution in [0.1, 0.15) is 15.9 Å². The minimum Gasteiger partial charge on any atom is -0.325 e. The van der Waals surface area contributed by atoms with Crippen LogP contribution in [0.4, 0.5) is 24.0 Å². The molecule has 0 aliphatic carbocycles. The Morgan fingerprint density at radius 2 is 1.73 bits per heavy atom. The monoisotopic (exact) mass is 516 g/mol. The molecule has 12 heteroatoms. The van der Waals surface area contributed by atoms with E-state index in [0.717, 1.165) is 29.2 Å². The van der Waals surface area contributed by atoms with Gasteiger partial charge in [-0.05, 0) is 40.2 Å². The number of hydrogen-bond donors (Lipinski definition) is 2. The Morgan fingerprint density at radius 1 is 1.03 bits per heavy atom. The summed E-state index contributed by atoms with van der Waals surface area (Å²) in [5.74, 6) is -1.17. The van der Waals surface area contributed by atoms with Gasteiger partial charge in [0, 0.05) is 4.47 Å². The first-order valence-electron chi connectivity index (χ1n) is 8.22. The number of aromatic nitrogens is 2. The van der Waals surface area contributed by atoms with Gasteiger partial charge in [-0.25, -0.2) is 0 Å². The average Bonchev–Trinajstić information content (AvgIpc) is 3.13. The number of anilines is 2. The molecule has 1 heterocycles. The number of thioether (sulfide) groups is 1. The molecular formula is C18H12BrF3N4O2S2. The van der Waals surface area contributed by atoms with Gasteiger partial charge in [-0.3, -0.25) is 14.9 Å². The van der Waals surface area contributed by atoms with Crippen molar-refractivity contribution in [1.29, 1.82) is 0 Å². The Labute approximate surface area is 185 Å². The molecule has 2 aromatic carbocycles. The van der Waals surface area contributed by atoms with Crippen LogP contribution in [0.25, 0.3) is 0 Å². The molecule has 0 unspecified atom stereocenters.